The number of aliphatic carboxylic acids is 1. The Labute approximate surface area is 104 Å². The van der Waals surface area contributed by atoms with Crippen molar-refractivity contribution in [3.63, 3.8) is 0 Å². The van der Waals surface area contributed by atoms with Gasteiger partial charge in [-0.1, -0.05) is 17.7 Å². The number of hydrogen-bond acceptors (Lipinski definition) is 4. The molecular weight excluding hydrogens is 242 g/mol. The zero-order chi connectivity index (χ0) is 12.8. The molecule has 0 aliphatic carbocycles. The van der Waals surface area contributed by atoms with E-state index in [1.807, 2.05) is 0 Å². The van der Waals surface area contributed by atoms with Crippen molar-refractivity contribution in [3.8, 4) is 0 Å². The highest BCUT2D eigenvalue weighted by molar-refractivity contribution is 6.30. The van der Waals surface area contributed by atoms with E-state index >= 15 is 0 Å². The first-order valence-electron chi connectivity index (χ1n) is 5.14. The van der Waals surface area contributed by atoms with Gasteiger partial charge in [-0.25, -0.2) is 4.98 Å². The van der Waals surface area contributed by atoms with E-state index < -0.39 is 5.97 Å². The van der Waals surface area contributed by atoms with Gasteiger partial charge in [0.1, 0.15) is 5.15 Å². The van der Waals surface area contributed by atoms with Crippen molar-refractivity contribution in [1.82, 2.24) is 10.3 Å². The molecule has 0 saturated heterocycles. The SMILES string of the molecule is CC(=N)c1ccc(CNCCC(=O)O)c(Cl)n1. The van der Waals surface area contributed by atoms with Gasteiger partial charge in [-0.3, -0.25) is 4.79 Å². The lowest BCUT2D eigenvalue weighted by Gasteiger charge is -2.06. The molecule has 1 aromatic heterocycles. The van der Waals surface area contributed by atoms with Crippen LogP contribution in [0.4, 0.5) is 0 Å². The molecule has 0 aromatic carbocycles. The predicted octanol–water partition coefficient (Wildman–Crippen LogP) is 1.69. The van der Waals surface area contributed by atoms with Crippen LogP contribution in [-0.4, -0.2) is 28.3 Å². The normalized spacial score (nSPS) is 10.2. The molecule has 0 bridgehead atoms. The molecule has 5 nitrogen and oxygen atoms in total. The molecule has 0 atom stereocenters. The molecule has 0 spiro atoms. The summed E-state index contributed by atoms with van der Waals surface area (Å²) >= 11 is 5.95. The summed E-state index contributed by atoms with van der Waals surface area (Å²) in [5.74, 6) is -0.837. The average molecular weight is 256 g/mol. The summed E-state index contributed by atoms with van der Waals surface area (Å²) in [6.45, 7) is 2.50. The molecule has 1 rings (SSSR count). The summed E-state index contributed by atoms with van der Waals surface area (Å²) in [6, 6.07) is 3.51. The average Bonchev–Trinajstić information content (AvgIpc) is 2.25. The highest BCUT2D eigenvalue weighted by atomic mass is 35.5. The highest BCUT2D eigenvalue weighted by Gasteiger charge is 2.05. The monoisotopic (exact) mass is 255 g/mol. The van der Waals surface area contributed by atoms with Crippen molar-refractivity contribution in [2.24, 2.45) is 0 Å². The van der Waals surface area contributed by atoms with E-state index in [-0.39, 0.29) is 6.42 Å². The first-order valence-corrected chi connectivity index (χ1v) is 5.52. The van der Waals surface area contributed by atoms with Crippen LogP contribution >= 0.6 is 11.6 Å². The summed E-state index contributed by atoms with van der Waals surface area (Å²) in [7, 11) is 0. The van der Waals surface area contributed by atoms with Crippen LogP contribution in [0.5, 0.6) is 0 Å². The molecule has 17 heavy (non-hydrogen) atoms. The Balaban J connectivity index is 2.54. The third kappa shape index (κ3) is 4.50. The summed E-state index contributed by atoms with van der Waals surface area (Å²) in [5, 5.41) is 19.2. The second-order valence-corrected chi connectivity index (χ2v) is 3.95. The second kappa shape index (κ2) is 6.32. The van der Waals surface area contributed by atoms with Gasteiger partial charge in [-0.05, 0) is 13.0 Å². The zero-order valence-electron chi connectivity index (χ0n) is 9.46. The Morgan fingerprint density at radius 3 is 2.82 bits per heavy atom. The number of carboxylic acid groups (broad SMARTS) is 1. The first-order chi connectivity index (χ1) is 8.00. The van der Waals surface area contributed by atoms with E-state index in [1.165, 1.54) is 0 Å². The van der Waals surface area contributed by atoms with E-state index in [0.717, 1.165) is 5.56 Å². The molecule has 0 radical (unpaired) electrons. The molecule has 0 aliphatic rings. The molecule has 1 aromatic rings. The topological polar surface area (TPSA) is 86.1 Å². The fourth-order valence-electron chi connectivity index (χ4n) is 1.22. The number of carboxylic acids is 1. The number of nitrogens with one attached hydrogen (secondary N) is 2. The van der Waals surface area contributed by atoms with E-state index in [1.54, 1.807) is 19.1 Å². The summed E-state index contributed by atoms with van der Waals surface area (Å²) in [4.78, 5) is 14.4. The Morgan fingerprint density at radius 2 is 2.29 bits per heavy atom. The molecule has 6 heteroatoms. The van der Waals surface area contributed by atoms with E-state index in [0.29, 0.717) is 29.6 Å². The van der Waals surface area contributed by atoms with Gasteiger partial charge in [0.25, 0.3) is 0 Å². The summed E-state index contributed by atoms with van der Waals surface area (Å²) < 4.78 is 0. The molecular formula is C11H14ClN3O2. The van der Waals surface area contributed by atoms with Crippen molar-refractivity contribution in [1.29, 1.82) is 5.41 Å². The minimum atomic E-state index is -0.837. The van der Waals surface area contributed by atoms with Gasteiger partial charge < -0.3 is 15.8 Å². The number of nitrogens with zero attached hydrogens (tertiary/aromatic N) is 1. The Morgan fingerprint density at radius 1 is 1.59 bits per heavy atom. The van der Waals surface area contributed by atoms with Gasteiger partial charge in [-0.15, -0.1) is 0 Å². The van der Waals surface area contributed by atoms with Crippen molar-refractivity contribution >= 4 is 23.3 Å². The number of aromatic nitrogens is 1. The standard InChI is InChI=1S/C11H14ClN3O2/c1-7(13)9-3-2-8(11(12)15-9)6-14-5-4-10(16)17/h2-3,13-14H,4-6H2,1H3,(H,16,17). The van der Waals surface area contributed by atoms with Crippen molar-refractivity contribution in [3.05, 3.63) is 28.5 Å². The number of halogens is 1. The van der Waals surface area contributed by atoms with Gasteiger partial charge >= 0.3 is 5.97 Å². The van der Waals surface area contributed by atoms with Gasteiger partial charge in [0.05, 0.1) is 17.8 Å². The van der Waals surface area contributed by atoms with E-state index in [2.05, 4.69) is 10.3 Å². The lowest BCUT2D eigenvalue weighted by molar-refractivity contribution is -0.136. The number of pyridine rings is 1. The lowest BCUT2D eigenvalue weighted by Crippen LogP contribution is -2.18. The van der Waals surface area contributed by atoms with Crippen LogP contribution in [0, 0.1) is 5.41 Å². The summed E-state index contributed by atoms with van der Waals surface area (Å²) in [6.07, 6.45) is 0.0722. The van der Waals surface area contributed by atoms with Crippen molar-refractivity contribution < 1.29 is 9.90 Å². The molecule has 0 unspecified atom stereocenters. The molecule has 1 heterocycles. The fraction of sp³-hybridized carbons (Fsp3) is 0.364. The minimum absolute atomic E-state index is 0.0722. The van der Waals surface area contributed by atoms with Gasteiger partial charge in [-0.2, -0.15) is 0 Å². The van der Waals surface area contributed by atoms with Crippen LogP contribution in [0.15, 0.2) is 12.1 Å². The van der Waals surface area contributed by atoms with Gasteiger partial charge in [0.15, 0.2) is 0 Å². The largest absolute Gasteiger partial charge is 0.481 e. The van der Waals surface area contributed by atoms with Crippen molar-refractivity contribution in [2.75, 3.05) is 6.54 Å². The third-order valence-electron chi connectivity index (χ3n) is 2.14. The van der Waals surface area contributed by atoms with Crippen LogP contribution in [0.1, 0.15) is 24.6 Å². The van der Waals surface area contributed by atoms with Crippen LogP contribution in [-0.2, 0) is 11.3 Å². The lowest BCUT2D eigenvalue weighted by atomic mass is 10.2. The molecule has 3 N–H and O–H groups in total. The van der Waals surface area contributed by atoms with Crippen LogP contribution in [0.2, 0.25) is 5.15 Å². The highest BCUT2D eigenvalue weighted by Crippen LogP contribution is 2.13. The third-order valence-corrected chi connectivity index (χ3v) is 2.47. The molecule has 0 aliphatic heterocycles. The van der Waals surface area contributed by atoms with E-state index in [9.17, 15) is 4.79 Å². The Kier molecular flexibility index (Phi) is 5.06. The summed E-state index contributed by atoms with van der Waals surface area (Å²) in [5.41, 5.74) is 1.70. The minimum Gasteiger partial charge on any atom is -0.481 e. The van der Waals surface area contributed by atoms with Gasteiger partial charge in [0, 0.05) is 18.7 Å². The van der Waals surface area contributed by atoms with Crippen LogP contribution in [0.25, 0.3) is 0 Å². The van der Waals surface area contributed by atoms with Gasteiger partial charge in [0.2, 0.25) is 0 Å². The van der Waals surface area contributed by atoms with Crippen molar-refractivity contribution in [2.45, 2.75) is 19.9 Å². The fourth-order valence-corrected chi connectivity index (χ4v) is 1.44. The smallest absolute Gasteiger partial charge is 0.304 e. The maximum atomic E-state index is 10.3. The number of hydrogen-bond donors (Lipinski definition) is 3. The number of rotatable bonds is 6. The van der Waals surface area contributed by atoms with Crippen LogP contribution in [0.3, 0.4) is 0 Å². The molecule has 0 saturated carbocycles. The maximum absolute atomic E-state index is 10.3. The zero-order valence-corrected chi connectivity index (χ0v) is 10.2. The first kappa shape index (κ1) is 13.6. The molecule has 0 fully saturated rings. The Bertz CT molecular complexity index is 435. The number of carbonyl (C=O) groups is 1. The predicted molar refractivity (Wildman–Crippen MR) is 65.7 cm³/mol. The molecule has 92 valence electrons. The maximum Gasteiger partial charge on any atom is 0.304 e. The van der Waals surface area contributed by atoms with E-state index in [4.69, 9.17) is 22.1 Å². The Hall–Kier alpha value is -1.46. The van der Waals surface area contributed by atoms with Crippen LogP contribution < -0.4 is 5.32 Å². The molecule has 0 amide bonds. The second-order valence-electron chi connectivity index (χ2n) is 3.59. The quantitative estimate of drug-likeness (QED) is 0.410.